The third kappa shape index (κ3) is 2.27. The topological polar surface area (TPSA) is 46.3 Å². The molecular weight excluding hydrogens is 236 g/mol. The van der Waals surface area contributed by atoms with E-state index in [0.29, 0.717) is 18.5 Å². The second-order valence-corrected chi connectivity index (χ2v) is 5.98. The van der Waals surface area contributed by atoms with Crippen molar-refractivity contribution in [1.82, 2.24) is 4.90 Å². The van der Waals surface area contributed by atoms with Crippen molar-refractivity contribution in [3.63, 3.8) is 0 Å². The van der Waals surface area contributed by atoms with Crippen molar-refractivity contribution >= 4 is 5.91 Å². The SMILES string of the molecule is CC1CC(CN)CN1C(=O)c1ccc2c(c1)CCC2. The first-order valence-electron chi connectivity index (χ1n) is 7.32. The monoisotopic (exact) mass is 258 g/mol. The van der Waals surface area contributed by atoms with Gasteiger partial charge in [-0.2, -0.15) is 0 Å². The van der Waals surface area contributed by atoms with E-state index in [1.807, 2.05) is 11.0 Å². The fourth-order valence-electron chi connectivity index (χ4n) is 3.47. The summed E-state index contributed by atoms with van der Waals surface area (Å²) < 4.78 is 0. The maximum atomic E-state index is 12.6. The number of likely N-dealkylation sites (tertiary alicyclic amines) is 1. The lowest BCUT2D eigenvalue weighted by Crippen LogP contribution is -2.34. The minimum atomic E-state index is 0.179. The molecule has 0 saturated carbocycles. The number of amides is 1. The molecule has 2 N–H and O–H groups in total. The number of rotatable bonds is 2. The van der Waals surface area contributed by atoms with Gasteiger partial charge in [-0.05, 0) is 68.3 Å². The average Bonchev–Trinajstić information content (AvgIpc) is 3.02. The summed E-state index contributed by atoms with van der Waals surface area (Å²) in [5.41, 5.74) is 9.38. The van der Waals surface area contributed by atoms with Gasteiger partial charge in [0, 0.05) is 18.2 Å². The molecule has 0 aromatic heterocycles. The molecule has 2 unspecified atom stereocenters. The van der Waals surface area contributed by atoms with Gasteiger partial charge in [0.05, 0.1) is 0 Å². The quantitative estimate of drug-likeness (QED) is 0.881. The minimum absolute atomic E-state index is 0.179. The maximum Gasteiger partial charge on any atom is 0.254 e. The van der Waals surface area contributed by atoms with Crippen molar-refractivity contribution in [2.24, 2.45) is 11.7 Å². The molecule has 3 rings (SSSR count). The van der Waals surface area contributed by atoms with E-state index in [1.165, 1.54) is 24.0 Å². The summed E-state index contributed by atoms with van der Waals surface area (Å²) in [5.74, 6) is 0.645. The Morgan fingerprint density at radius 2 is 2.16 bits per heavy atom. The molecule has 2 atom stereocenters. The lowest BCUT2D eigenvalue weighted by atomic mass is 10.1. The first-order valence-corrected chi connectivity index (χ1v) is 7.32. The smallest absolute Gasteiger partial charge is 0.254 e. The van der Waals surface area contributed by atoms with Crippen LogP contribution in [-0.4, -0.2) is 29.9 Å². The number of hydrogen-bond donors (Lipinski definition) is 1. The van der Waals surface area contributed by atoms with Crippen LogP contribution < -0.4 is 5.73 Å². The van der Waals surface area contributed by atoms with Crippen LogP contribution in [0.4, 0.5) is 0 Å². The highest BCUT2D eigenvalue weighted by molar-refractivity contribution is 5.95. The zero-order valence-corrected chi connectivity index (χ0v) is 11.6. The van der Waals surface area contributed by atoms with Crippen molar-refractivity contribution < 1.29 is 4.79 Å². The zero-order chi connectivity index (χ0) is 13.4. The van der Waals surface area contributed by atoms with Gasteiger partial charge in [0.2, 0.25) is 0 Å². The Bertz CT molecular complexity index is 498. The molecule has 3 nitrogen and oxygen atoms in total. The summed E-state index contributed by atoms with van der Waals surface area (Å²) in [6.45, 7) is 3.62. The predicted molar refractivity (Wildman–Crippen MR) is 76.1 cm³/mol. The van der Waals surface area contributed by atoms with Crippen LogP contribution in [0, 0.1) is 5.92 Å². The molecule has 2 aliphatic rings. The van der Waals surface area contributed by atoms with Crippen molar-refractivity contribution in [2.75, 3.05) is 13.1 Å². The second-order valence-electron chi connectivity index (χ2n) is 5.98. The van der Waals surface area contributed by atoms with Crippen LogP contribution in [0.2, 0.25) is 0 Å². The summed E-state index contributed by atoms with van der Waals surface area (Å²) in [7, 11) is 0. The zero-order valence-electron chi connectivity index (χ0n) is 11.6. The molecule has 3 heteroatoms. The molecule has 1 fully saturated rings. The summed E-state index contributed by atoms with van der Waals surface area (Å²) in [6.07, 6.45) is 4.55. The molecule has 19 heavy (non-hydrogen) atoms. The van der Waals surface area contributed by atoms with Gasteiger partial charge in [-0.25, -0.2) is 0 Å². The molecule has 0 bridgehead atoms. The van der Waals surface area contributed by atoms with Crippen molar-refractivity contribution in [3.8, 4) is 0 Å². The van der Waals surface area contributed by atoms with Crippen LogP contribution in [-0.2, 0) is 12.8 Å². The average molecular weight is 258 g/mol. The number of carbonyl (C=O) groups excluding carboxylic acids is 1. The van der Waals surface area contributed by atoms with E-state index in [2.05, 4.69) is 19.1 Å². The molecule has 1 amide bonds. The summed E-state index contributed by atoms with van der Waals surface area (Å²) >= 11 is 0. The Balaban J connectivity index is 1.80. The van der Waals surface area contributed by atoms with E-state index in [1.54, 1.807) is 0 Å². The molecule has 1 heterocycles. The molecule has 1 saturated heterocycles. The van der Waals surface area contributed by atoms with Gasteiger partial charge in [0.25, 0.3) is 5.91 Å². The van der Waals surface area contributed by atoms with Crippen LogP contribution in [0.1, 0.15) is 41.3 Å². The lowest BCUT2D eigenvalue weighted by molar-refractivity contribution is 0.0743. The Morgan fingerprint density at radius 3 is 2.89 bits per heavy atom. The van der Waals surface area contributed by atoms with E-state index in [4.69, 9.17) is 5.73 Å². The molecule has 0 spiro atoms. The molecule has 102 valence electrons. The van der Waals surface area contributed by atoms with Gasteiger partial charge in [-0.1, -0.05) is 6.07 Å². The summed E-state index contributed by atoms with van der Waals surface area (Å²) in [4.78, 5) is 14.6. The van der Waals surface area contributed by atoms with Crippen molar-refractivity contribution in [2.45, 2.75) is 38.6 Å². The van der Waals surface area contributed by atoms with Gasteiger partial charge in [-0.3, -0.25) is 4.79 Å². The maximum absolute atomic E-state index is 12.6. The molecule has 1 aromatic carbocycles. The van der Waals surface area contributed by atoms with E-state index >= 15 is 0 Å². The van der Waals surface area contributed by atoms with Crippen molar-refractivity contribution in [1.29, 1.82) is 0 Å². The molecule has 1 aliphatic heterocycles. The Labute approximate surface area is 114 Å². The number of hydrogen-bond acceptors (Lipinski definition) is 2. The number of carbonyl (C=O) groups is 1. The van der Waals surface area contributed by atoms with Crippen LogP contribution in [0.3, 0.4) is 0 Å². The fourth-order valence-corrected chi connectivity index (χ4v) is 3.47. The highest BCUT2D eigenvalue weighted by Gasteiger charge is 2.32. The minimum Gasteiger partial charge on any atom is -0.336 e. The third-order valence-corrected chi connectivity index (χ3v) is 4.60. The molecular formula is C16H22N2O. The van der Waals surface area contributed by atoms with E-state index < -0.39 is 0 Å². The summed E-state index contributed by atoms with van der Waals surface area (Å²) in [5, 5.41) is 0. The number of benzene rings is 1. The van der Waals surface area contributed by atoms with Crippen molar-refractivity contribution in [3.05, 3.63) is 34.9 Å². The van der Waals surface area contributed by atoms with E-state index in [0.717, 1.165) is 24.9 Å². The van der Waals surface area contributed by atoms with Gasteiger partial charge in [-0.15, -0.1) is 0 Å². The normalized spacial score (nSPS) is 25.7. The fraction of sp³-hybridized carbons (Fsp3) is 0.562. The van der Waals surface area contributed by atoms with E-state index in [9.17, 15) is 4.79 Å². The molecule has 1 aromatic rings. The lowest BCUT2D eigenvalue weighted by Gasteiger charge is -2.22. The molecule has 1 aliphatic carbocycles. The highest BCUT2D eigenvalue weighted by atomic mass is 16.2. The van der Waals surface area contributed by atoms with Gasteiger partial charge >= 0.3 is 0 Å². The van der Waals surface area contributed by atoms with E-state index in [-0.39, 0.29) is 5.91 Å². The van der Waals surface area contributed by atoms with Crippen LogP contribution in [0.15, 0.2) is 18.2 Å². The highest BCUT2D eigenvalue weighted by Crippen LogP contribution is 2.27. The Morgan fingerprint density at radius 1 is 1.37 bits per heavy atom. The largest absolute Gasteiger partial charge is 0.336 e. The number of aryl methyl sites for hydroxylation is 2. The van der Waals surface area contributed by atoms with Gasteiger partial charge in [0.1, 0.15) is 0 Å². The number of nitrogens with two attached hydrogens (primary N) is 1. The van der Waals surface area contributed by atoms with Crippen LogP contribution in [0.25, 0.3) is 0 Å². The standard InChI is InChI=1S/C16H22N2O/c1-11-7-12(9-17)10-18(11)16(19)15-6-5-13-3-2-4-14(13)8-15/h5-6,8,11-12H,2-4,7,9-10,17H2,1H3. The first-order chi connectivity index (χ1) is 9.19. The van der Waals surface area contributed by atoms with Crippen LogP contribution in [0.5, 0.6) is 0 Å². The van der Waals surface area contributed by atoms with Gasteiger partial charge in [0.15, 0.2) is 0 Å². The summed E-state index contributed by atoms with van der Waals surface area (Å²) in [6, 6.07) is 6.55. The predicted octanol–water partition coefficient (Wildman–Crippen LogP) is 1.98. The number of fused-ring (bicyclic) bond motifs is 1. The van der Waals surface area contributed by atoms with Gasteiger partial charge < -0.3 is 10.6 Å². The first kappa shape index (κ1) is 12.7. The van der Waals surface area contributed by atoms with Crippen LogP contribution >= 0.6 is 0 Å². The second kappa shape index (κ2) is 4.97. The Hall–Kier alpha value is -1.35. The number of nitrogens with zero attached hydrogens (tertiary/aromatic N) is 1. The third-order valence-electron chi connectivity index (χ3n) is 4.60. The molecule has 0 radical (unpaired) electrons. The Kier molecular flexibility index (Phi) is 3.31.